The van der Waals surface area contributed by atoms with Crippen LogP contribution in [0.15, 0.2) is 29.9 Å². The quantitative estimate of drug-likeness (QED) is 0.746. The summed E-state index contributed by atoms with van der Waals surface area (Å²) in [6.07, 6.45) is 8.72. The van der Waals surface area contributed by atoms with Gasteiger partial charge in [0.2, 0.25) is 0 Å². The normalized spacial score (nSPS) is 14.3. The maximum atomic E-state index is 5.91. The zero-order valence-electron chi connectivity index (χ0n) is 15.5. The number of benzene rings is 1. The van der Waals surface area contributed by atoms with Gasteiger partial charge in [0, 0.05) is 17.5 Å². The summed E-state index contributed by atoms with van der Waals surface area (Å²) in [5, 5.41) is 1.36. The van der Waals surface area contributed by atoms with Crippen molar-refractivity contribution in [2.24, 2.45) is 0 Å². The number of hydrogen-bond acceptors (Lipinski definition) is 2. The van der Waals surface area contributed by atoms with Crippen LogP contribution in [0, 0.1) is 0 Å². The van der Waals surface area contributed by atoms with Crippen LogP contribution in [0.2, 0.25) is 13.1 Å². The van der Waals surface area contributed by atoms with E-state index in [0.717, 1.165) is 24.3 Å². The van der Waals surface area contributed by atoms with Crippen LogP contribution in [0.5, 0.6) is 11.5 Å². The highest BCUT2D eigenvalue weighted by molar-refractivity contribution is 6.72. The van der Waals surface area contributed by atoms with Gasteiger partial charge >= 0.3 is 0 Å². The van der Waals surface area contributed by atoms with Gasteiger partial charge in [0.05, 0.1) is 23.0 Å². The molecule has 1 aliphatic rings. The molecule has 0 amide bonds. The maximum absolute atomic E-state index is 5.91. The molecule has 0 unspecified atom stereocenters. The highest BCUT2D eigenvalue weighted by Crippen LogP contribution is 2.38. The molecule has 2 nitrogen and oxygen atoms in total. The van der Waals surface area contributed by atoms with E-state index in [1.165, 1.54) is 21.9 Å². The largest absolute Gasteiger partial charge is 0.497 e. The van der Waals surface area contributed by atoms with Crippen molar-refractivity contribution in [3.63, 3.8) is 0 Å². The van der Waals surface area contributed by atoms with Crippen LogP contribution in [0.3, 0.4) is 0 Å². The monoisotopic (exact) mass is 329 g/mol. The van der Waals surface area contributed by atoms with E-state index in [0.29, 0.717) is 0 Å². The van der Waals surface area contributed by atoms with E-state index >= 15 is 0 Å². The van der Waals surface area contributed by atoms with Crippen molar-refractivity contribution in [1.29, 1.82) is 0 Å². The summed E-state index contributed by atoms with van der Waals surface area (Å²) in [5.74, 6) is 2.06. The zero-order valence-corrected chi connectivity index (χ0v) is 16.5. The van der Waals surface area contributed by atoms with Crippen molar-refractivity contribution in [1.82, 2.24) is 0 Å². The van der Waals surface area contributed by atoms with Crippen LogP contribution in [0.4, 0.5) is 0 Å². The minimum Gasteiger partial charge on any atom is -0.497 e. The third-order valence-corrected chi connectivity index (χ3v) is 5.85. The summed E-state index contributed by atoms with van der Waals surface area (Å²) in [6, 6.07) is 2.19. The standard InChI is InChI=1S/C20H29O2Si/c1-20(2,3)16-13-17(21-4)19(23(6)7)15(18(16)22-5)12-14-10-8-9-11-14/h8,10-11,13H,9,12H2,1-7H3. The summed E-state index contributed by atoms with van der Waals surface area (Å²) in [4.78, 5) is 0. The first-order valence-corrected chi connectivity index (χ1v) is 10.7. The smallest absolute Gasteiger partial charge is 0.126 e. The fraction of sp³-hybridized carbons (Fsp3) is 0.500. The second-order valence-corrected chi connectivity index (χ2v) is 9.86. The molecular formula is C20H29O2Si. The summed E-state index contributed by atoms with van der Waals surface area (Å²) in [7, 11) is 2.90. The molecule has 2 rings (SSSR count). The Morgan fingerprint density at radius 2 is 1.83 bits per heavy atom. The predicted molar refractivity (Wildman–Crippen MR) is 101 cm³/mol. The molecule has 0 N–H and O–H groups in total. The predicted octanol–water partition coefficient (Wildman–Crippen LogP) is 4.39. The first kappa shape index (κ1) is 17.9. The summed E-state index contributed by atoms with van der Waals surface area (Å²) in [6.45, 7) is 11.3. The third-order valence-electron chi connectivity index (χ3n) is 4.30. The molecule has 1 aromatic carbocycles. The number of allylic oxidation sites excluding steroid dienone is 4. The summed E-state index contributed by atoms with van der Waals surface area (Å²) in [5.41, 5.74) is 3.93. The van der Waals surface area contributed by atoms with Crippen LogP contribution in [-0.4, -0.2) is 23.0 Å². The van der Waals surface area contributed by atoms with Gasteiger partial charge in [0.15, 0.2) is 0 Å². The number of methoxy groups -OCH3 is 2. The Morgan fingerprint density at radius 1 is 1.13 bits per heavy atom. The molecule has 1 radical (unpaired) electrons. The van der Waals surface area contributed by atoms with E-state index in [2.05, 4.69) is 58.2 Å². The van der Waals surface area contributed by atoms with E-state index in [9.17, 15) is 0 Å². The number of ether oxygens (including phenoxy) is 2. The average molecular weight is 330 g/mol. The van der Waals surface area contributed by atoms with Crippen molar-refractivity contribution < 1.29 is 9.47 Å². The summed E-state index contributed by atoms with van der Waals surface area (Å²) < 4.78 is 11.7. The molecule has 0 saturated heterocycles. The molecule has 3 heteroatoms. The van der Waals surface area contributed by atoms with Crippen molar-refractivity contribution in [3.8, 4) is 11.5 Å². The Kier molecular flexibility index (Phi) is 5.40. The Labute approximate surface area is 142 Å². The molecule has 0 bridgehead atoms. The van der Waals surface area contributed by atoms with E-state index in [4.69, 9.17) is 9.47 Å². The topological polar surface area (TPSA) is 18.5 Å². The van der Waals surface area contributed by atoms with Crippen LogP contribution < -0.4 is 14.7 Å². The van der Waals surface area contributed by atoms with Crippen molar-refractivity contribution in [2.75, 3.05) is 14.2 Å². The molecule has 1 aliphatic carbocycles. The van der Waals surface area contributed by atoms with Gasteiger partial charge in [-0.05, 0) is 28.7 Å². The molecular weight excluding hydrogens is 300 g/mol. The van der Waals surface area contributed by atoms with Crippen LogP contribution in [0.25, 0.3) is 0 Å². The van der Waals surface area contributed by atoms with Crippen LogP contribution >= 0.6 is 0 Å². The highest BCUT2D eigenvalue weighted by Gasteiger charge is 2.27. The average Bonchev–Trinajstić information content (AvgIpc) is 2.97. The Morgan fingerprint density at radius 3 is 2.26 bits per heavy atom. The van der Waals surface area contributed by atoms with Gasteiger partial charge in [-0.1, -0.05) is 52.1 Å². The molecule has 0 heterocycles. The van der Waals surface area contributed by atoms with Crippen molar-refractivity contribution in [3.05, 3.63) is 41.0 Å². The lowest BCUT2D eigenvalue weighted by Crippen LogP contribution is -2.31. The zero-order chi connectivity index (χ0) is 17.2. The van der Waals surface area contributed by atoms with E-state index in [1.54, 1.807) is 14.2 Å². The minimum atomic E-state index is -0.674. The molecule has 0 saturated carbocycles. The molecule has 0 aliphatic heterocycles. The fourth-order valence-corrected chi connectivity index (χ4v) is 4.68. The van der Waals surface area contributed by atoms with Gasteiger partial charge < -0.3 is 9.47 Å². The molecule has 0 atom stereocenters. The van der Waals surface area contributed by atoms with Gasteiger partial charge in [0.1, 0.15) is 11.5 Å². The molecule has 1 aromatic rings. The van der Waals surface area contributed by atoms with E-state index in [1.807, 2.05) is 0 Å². The third kappa shape index (κ3) is 3.71. The molecule has 0 spiro atoms. The fourth-order valence-electron chi connectivity index (χ4n) is 3.20. The van der Waals surface area contributed by atoms with Crippen LogP contribution in [-0.2, 0) is 11.8 Å². The van der Waals surface area contributed by atoms with Crippen molar-refractivity contribution >= 4 is 14.0 Å². The maximum Gasteiger partial charge on any atom is 0.126 e. The SMILES string of the molecule is COc1cc(C(C)(C)C)c(OC)c(CC2=CCC=C2)c1[Si](C)C. The second-order valence-electron chi connectivity index (χ2n) is 7.36. The Bertz CT molecular complexity index is 634. The lowest BCUT2D eigenvalue weighted by molar-refractivity contribution is 0.386. The first-order valence-electron chi connectivity index (χ1n) is 8.24. The lowest BCUT2D eigenvalue weighted by Gasteiger charge is -2.28. The minimum absolute atomic E-state index is 0.0141. The summed E-state index contributed by atoms with van der Waals surface area (Å²) >= 11 is 0. The second kappa shape index (κ2) is 6.96. The van der Waals surface area contributed by atoms with E-state index < -0.39 is 8.80 Å². The Balaban J connectivity index is 2.72. The Hall–Kier alpha value is -1.48. The van der Waals surface area contributed by atoms with Gasteiger partial charge in [-0.25, -0.2) is 0 Å². The molecule has 0 fully saturated rings. The van der Waals surface area contributed by atoms with Crippen molar-refractivity contribution in [2.45, 2.75) is 52.1 Å². The number of hydrogen-bond donors (Lipinski definition) is 0. The lowest BCUT2D eigenvalue weighted by atomic mass is 9.84. The molecule has 0 aromatic heterocycles. The van der Waals surface area contributed by atoms with Gasteiger partial charge in [-0.3, -0.25) is 0 Å². The molecule has 23 heavy (non-hydrogen) atoms. The number of rotatable bonds is 5. The van der Waals surface area contributed by atoms with Gasteiger partial charge in [0.25, 0.3) is 0 Å². The van der Waals surface area contributed by atoms with Gasteiger partial charge in [-0.2, -0.15) is 0 Å². The first-order chi connectivity index (χ1) is 10.8. The van der Waals surface area contributed by atoms with E-state index in [-0.39, 0.29) is 5.41 Å². The van der Waals surface area contributed by atoms with Crippen LogP contribution in [0.1, 0.15) is 38.3 Å². The molecule has 125 valence electrons. The highest BCUT2D eigenvalue weighted by atomic mass is 28.3. The van der Waals surface area contributed by atoms with Gasteiger partial charge in [-0.15, -0.1) is 0 Å².